The average molecular weight is 468 g/mol. The van der Waals surface area contributed by atoms with Gasteiger partial charge in [0.15, 0.2) is 6.61 Å². The Morgan fingerprint density at radius 3 is 2.62 bits per heavy atom. The number of aliphatic hydroxyl groups is 1. The number of benzene rings is 1. The van der Waals surface area contributed by atoms with E-state index in [1.807, 2.05) is 0 Å². The Labute approximate surface area is 192 Å². The van der Waals surface area contributed by atoms with Crippen LogP contribution in [0.2, 0.25) is 5.02 Å². The van der Waals surface area contributed by atoms with Crippen LogP contribution in [0.5, 0.6) is 5.75 Å². The van der Waals surface area contributed by atoms with Crippen LogP contribution in [0.25, 0.3) is 0 Å². The van der Waals surface area contributed by atoms with Crippen LogP contribution in [0, 0.1) is 11.7 Å². The molecule has 32 heavy (non-hydrogen) atoms. The molecule has 1 aliphatic heterocycles. The molecule has 5 rings (SSSR count). The minimum atomic E-state index is -0.733. The van der Waals surface area contributed by atoms with E-state index in [2.05, 4.69) is 22.9 Å². The maximum absolute atomic E-state index is 13.5. The smallest absolute Gasteiger partial charge is 0.258 e. The molecule has 4 N–H and O–H groups in total. The van der Waals surface area contributed by atoms with Crippen LogP contribution in [0.4, 0.5) is 4.39 Å². The van der Waals surface area contributed by atoms with Crippen molar-refractivity contribution in [3.63, 3.8) is 0 Å². The van der Waals surface area contributed by atoms with E-state index in [-0.39, 0.29) is 35.2 Å². The van der Waals surface area contributed by atoms with Gasteiger partial charge < -0.3 is 25.8 Å². The maximum atomic E-state index is 13.5. The summed E-state index contributed by atoms with van der Waals surface area (Å²) in [5.41, 5.74) is -1.15. The zero-order chi connectivity index (χ0) is 22.9. The molecule has 0 spiro atoms. The largest absolute Gasteiger partial charge is 0.484 e. The lowest BCUT2D eigenvalue weighted by Crippen LogP contribution is -2.71. The molecule has 1 aromatic rings. The van der Waals surface area contributed by atoms with Gasteiger partial charge in [-0.2, -0.15) is 0 Å². The van der Waals surface area contributed by atoms with Gasteiger partial charge in [0.25, 0.3) is 5.91 Å². The van der Waals surface area contributed by atoms with Crippen LogP contribution in [0.1, 0.15) is 51.9 Å². The summed E-state index contributed by atoms with van der Waals surface area (Å²) in [5, 5.41) is 20.4. The molecule has 3 saturated carbocycles. The molecule has 9 heteroatoms. The van der Waals surface area contributed by atoms with Gasteiger partial charge >= 0.3 is 0 Å². The van der Waals surface area contributed by atoms with Crippen molar-refractivity contribution < 1.29 is 23.8 Å². The third-order valence-corrected chi connectivity index (χ3v) is 7.64. The van der Waals surface area contributed by atoms with E-state index in [1.54, 1.807) is 0 Å². The second kappa shape index (κ2) is 9.15. The van der Waals surface area contributed by atoms with Gasteiger partial charge in [-0.1, -0.05) is 18.5 Å². The number of hydrogen-bond donors (Lipinski definition) is 4. The molecular formula is C23H31ClFN3O4. The molecule has 3 atom stereocenters. The normalized spacial score (nSPS) is 34.1. The molecule has 4 aliphatic rings. The van der Waals surface area contributed by atoms with Gasteiger partial charge in [-0.3, -0.25) is 9.59 Å². The molecule has 3 unspecified atom stereocenters. The third-order valence-electron chi connectivity index (χ3n) is 7.34. The SMILES string of the molecule is CC1CCC(C(=O)NC23CCC(NC(=O)COc4ccc(Cl)c(F)c4)(CC2)CC3O)NC1. The van der Waals surface area contributed by atoms with Crippen LogP contribution in [-0.2, 0) is 9.59 Å². The number of carbonyl (C=O) groups excluding carboxylic acids is 2. The van der Waals surface area contributed by atoms with E-state index in [1.165, 1.54) is 12.1 Å². The van der Waals surface area contributed by atoms with Crippen molar-refractivity contribution in [2.75, 3.05) is 13.2 Å². The van der Waals surface area contributed by atoms with Crippen LogP contribution in [0.3, 0.4) is 0 Å². The fraction of sp³-hybridized carbons (Fsp3) is 0.652. The zero-order valence-corrected chi connectivity index (χ0v) is 19.0. The Morgan fingerprint density at radius 2 is 2.00 bits per heavy atom. The van der Waals surface area contributed by atoms with Crippen LogP contribution in [-0.4, -0.2) is 53.3 Å². The summed E-state index contributed by atoms with van der Waals surface area (Å²) in [6, 6.07) is 3.80. The highest BCUT2D eigenvalue weighted by atomic mass is 35.5. The number of piperidine rings is 1. The first kappa shape index (κ1) is 23.3. The van der Waals surface area contributed by atoms with E-state index in [0.29, 0.717) is 38.0 Å². The number of halogens is 2. The molecule has 2 bridgehead atoms. The second-order valence-corrected chi connectivity index (χ2v) is 10.1. The number of carbonyl (C=O) groups is 2. The predicted molar refractivity (Wildman–Crippen MR) is 118 cm³/mol. The lowest BCUT2D eigenvalue weighted by atomic mass is 9.59. The third kappa shape index (κ3) is 4.87. The second-order valence-electron chi connectivity index (χ2n) is 9.70. The van der Waals surface area contributed by atoms with Gasteiger partial charge in [-0.25, -0.2) is 4.39 Å². The van der Waals surface area contributed by atoms with Crippen molar-refractivity contribution in [3.8, 4) is 5.75 Å². The zero-order valence-electron chi connectivity index (χ0n) is 18.3. The summed E-state index contributed by atoms with van der Waals surface area (Å²) < 4.78 is 18.9. The number of hydrogen-bond acceptors (Lipinski definition) is 5. The van der Waals surface area contributed by atoms with Crippen molar-refractivity contribution in [2.45, 2.75) is 75.1 Å². The maximum Gasteiger partial charge on any atom is 0.258 e. The summed E-state index contributed by atoms with van der Waals surface area (Å²) in [7, 11) is 0. The summed E-state index contributed by atoms with van der Waals surface area (Å²) in [6.07, 6.45) is 4.00. The Bertz CT molecular complexity index is 867. The summed E-state index contributed by atoms with van der Waals surface area (Å²) in [4.78, 5) is 25.3. The fourth-order valence-electron chi connectivity index (χ4n) is 5.26. The highest BCUT2D eigenvalue weighted by molar-refractivity contribution is 6.30. The first-order chi connectivity index (χ1) is 15.2. The first-order valence-electron chi connectivity index (χ1n) is 11.3. The topological polar surface area (TPSA) is 99.7 Å². The van der Waals surface area contributed by atoms with Gasteiger partial charge in [0.2, 0.25) is 5.91 Å². The highest BCUT2D eigenvalue weighted by Crippen LogP contribution is 2.47. The van der Waals surface area contributed by atoms with Crippen molar-refractivity contribution in [2.24, 2.45) is 5.92 Å². The van der Waals surface area contributed by atoms with Gasteiger partial charge in [-0.05, 0) is 69.5 Å². The fourth-order valence-corrected chi connectivity index (χ4v) is 5.38. The van der Waals surface area contributed by atoms with Crippen LogP contribution < -0.4 is 20.7 Å². The van der Waals surface area contributed by atoms with Gasteiger partial charge in [0, 0.05) is 11.6 Å². The quantitative estimate of drug-likeness (QED) is 0.514. The monoisotopic (exact) mass is 467 g/mol. The molecule has 176 valence electrons. The molecule has 7 nitrogen and oxygen atoms in total. The number of nitrogens with one attached hydrogen (secondary N) is 3. The molecule has 1 saturated heterocycles. The summed E-state index contributed by atoms with van der Waals surface area (Å²) in [6.45, 7) is 2.73. The minimum absolute atomic E-state index is 0.0107. The number of aliphatic hydroxyl groups excluding tert-OH is 1. The van der Waals surface area contributed by atoms with Crippen LogP contribution >= 0.6 is 11.6 Å². The molecule has 2 amide bonds. The number of ether oxygens (including phenoxy) is 1. The van der Waals surface area contributed by atoms with Crippen molar-refractivity contribution in [3.05, 3.63) is 29.0 Å². The summed E-state index contributed by atoms with van der Waals surface area (Å²) in [5.74, 6) is -0.190. The molecule has 4 fully saturated rings. The Morgan fingerprint density at radius 1 is 1.25 bits per heavy atom. The van der Waals surface area contributed by atoms with Crippen molar-refractivity contribution in [1.82, 2.24) is 16.0 Å². The first-order valence-corrected chi connectivity index (χ1v) is 11.7. The van der Waals surface area contributed by atoms with Crippen molar-refractivity contribution in [1.29, 1.82) is 0 Å². The molecule has 3 aliphatic carbocycles. The van der Waals surface area contributed by atoms with Crippen molar-refractivity contribution >= 4 is 23.4 Å². The molecule has 1 heterocycles. The van der Waals surface area contributed by atoms with Gasteiger partial charge in [0.05, 0.1) is 22.7 Å². The molecule has 0 radical (unpaired) electrons. The minimum Gasteiger partial charge on any atom is -0.484 e. The lowest BCUT2D eigenvalue weighted by Gasteiger charge is -2.56. The standard InChI is InChI=1S/C23H31ClFN3O4/c1-14-2-5-18(26-12-14)21(31)28-23-8-6-22(7-9-23,11-19(23)29)27-20(30)13-32-15-3-4-16(24)17(25)10-15/h3-4,10,14,18-19,26,29H,2,5-9,11-13H2,1H3,(H,27,30)(H,28,31). The Hall–Kier alpha value is -1.90. The number of amides is 2. The highest BCUT2D eigenvalue weighted by Gasteiger charge is 2.55. The number of fused-ring (bicyclic) bond motifs is 3. The predicted octanol–water partition coefficient (Wildman–Crippen LogP) is 2.29. The molecule has 0 aromatic heterocycles. The van der Waals surface area contributed by atoms with E-state index >= 15 is 0 Å². The lowest BCUT2D eigenvalue weighted by molar-refractivity contribution is -0.137. The van der Waals surface area contributed by atoms with E-state index in [0.717, 1.165) is 25.5 Å². The summed E-state index contributed by atoms with van der Waals surface area (Å²) >= 11 is 5.66. The Kier molecular flexibility index (Phi) is 6.66. The van der Waals surface area contributed by atoms with Gasteiger partial charge in [-0.15, -0.1) is 0 Å². The van der Waals surface area contributed by atoms with E-state index < -0.39 is 23.0 Å². The van der Waals surface area contributed by atoms with Gasteiger partial charge in [0.1, 0.15) is 11.6 Å². The van der Waals surface area contributed by atoms with Crippen LogP contribution in [0.15, 0.2) is 18.2 Å². The number of rotatable bonds is 6. The molecule has 1 aromatic carbocycles. The average Bonchev–Trinajstić information content (AvgIpc) is 2.76. The Balaban J connectivity index is 1.30. The van der Waals surface area contributed by atoms with E-state index in [4.69, 9.17) is 16.3 Å². The molecular weight excluding hydrogens is 437 g/mol. The van der Waals surface area contributed by atoms with E-state index in [9.17, 15) is 19.1 Å².